The molecular weight excluding hydrogens is 371 g/mol. The lowest BCUT2D eigenvalue weighted by Gasteiger charge is -2.37. The molecule has 4 rings (SSSR count). The first-order chi connectivity index (χ1) is 13.7. The molecule has 0 amide bonds. The molecule has 1 fully saturated rings. The number of thioether (sulfide) groups is 1. The van der Waals surface area contributed by atoms with Crippen LogP contribution >= 0.6 is 11.8 Å². The van der Waals surface area contributed by atoms with Gasteiger partial charge in [-0.25, -0.2) is 9.37 Å². The van der Waals surface area contributed by atoms with Gasteiger partial charge in [0.2, 0.25) is 0 Å². The summed E-state index contributed by atoms with van der Waals surface area (Å²) in [6, 6.07) is 17.3. The Labute approximate surface area is 168 Å². The van der Waals surface area contributed by atoms with Crippen LogP contribution in [0.3, 0.4) is 0 Å². The van der Waals surface area contributed by atoms with E-state index in [1.807, 2.05) is 42.7 Å². The van der Waals surface area contributed by atoms with Gasteiger partial charge < -0.3 is 4.90 Å². The van der Waals surface area contributed by atoms with E-state index in [0.717, 1.165) is 53.4 Å². The Bertz CT molecular complexity index is 1040. The van der Waals surface area contributed by atoms with Gasteiger partial charge in [-0.1, -0.05) is 36.4 Å². The summed E-state index contributed by atoms with van der Waals surface area (Å²) < 4.78 is 14.0. The number of fused-ring (bicyclic) bond motifs is 1. The van der Waals surface area contributed by atoms with Crippen LogP contribution in [0.2, 0.25) is 0 Å². The minimum absolute atomic E-state index is 0.151. The lowest BCUT2D eigenvalue weighted by Crippen LogP contribution is -2.46. The summed E-state index contributed by atoms with van der Waals surface area (Å²) >= 11 is 1.50. The van der Waals surface area contributed by atoms with Crippen molar-refractivity contribution in [1.29, 1.82) is 5.26 Å². The molecule has 0 unspecified atom stereocenters. The summed E-state index contributed by atoms with van der Waals surface area (Å²) in [5, 5.41) is 11.6. The predicted molar refractivity (Wildman–Crippen MR) is 112 cm³/mol. The molecule has 1 aromatic heterocycles. The van der Waals surface area contributed by atoms with Crippen molar-refractivity contribution in [1.82, 2.24) is 9.88 Å². The maximum atomic E-state index is 14.0. The fourth-order valence-corrected chi connectivity index (χ4v) is 4.28. The molecule has 0 spiro atoms. The number of aromatic nitrogens is 1. The average Bonchev–Trinajstić information content (AvgIpc) is 2.74. The Morgan fingerprint density at radius 2 is 1.79 bits per heavy atom. The number of hydrogen-bond donors (Lipinski definition) is 0. The van der Waals surface area contributed by atoms with Crippen molar-refractivity contribution in [2.45, 2.75) is 11.6 Å². The second-order valence-corrected chi connectivity index (χ2v) is 7.62. The van der Waals surface area contributed by atoms with Crippen LogP contribution in [0.15, 0.2) is 53.6 Å². The van der Waals surface area contributed by atoms with E-state index in [2.05, 4.69) is 20.9 Å². The predicted octanol–water partition coefficient (Wildman–Crippen LogP) is 4.29. The third-order valence-corrected chi connectivity index (χ3v) is 5.86. The lowest BCUT2D eigenvalue weighted by atomic mass is 10.1. The molecule has 2 aromatic carbocycles. The Kier molecular flexibility index (Phi) is 5.47. The first-order valence-corrected chi connectivity index (χ1v) is 10.5. The molecule has 0 atom stereocenters. The second kappa shape index (κ2) is 8.17. The van der Waals surface area contributed by atoms with Gasteiger partial charge in [-0.3, -0.25) is 4.90 Å². The fourth-order valence-electron chi connectivity index (χ4n) is 3.75. The highest BCUT2D eigenvalue weighted by molar-refractivity contribution is 7.98. The van der Waals surface area contributed by atoms with Crippen LogP contribution in [0.5, 0.6) is 0 Å². The molecule has 1 saturated heterocycles. The van der Waals surface area contributed by atoms with Gasteiger partial charge in [-0.2, -0.15) is 5.26 Å². The number of anilines is 1. The smallest absolute Gasteiger partial charge is 0.127 e. The van der Waals surface area contributed by atoms with Gasteiger partial charge in [-0.15, -0.1) is 11.8 Å². The van der Waals surface area contributed by atoms with Gasteiger partial charge in [0.05, 0.1) is 11.2 Å². The standard InChI is InChI=1S/C22H21FN4S/c1-28-22-18(14-24)21(17-7-3-5-9-20(17)25-22)27-12-10-26(11-13-27)15-16-6-2-4-8-19(16)23/h2-9H,10-13,15H2,1H3. The molecular formula is C22H21FN4S. The van der Waals surface area contributed by atoms with Crippen LogP contribution in [0.25, 0.3) is 10.9 Å². The molecule has 0 radical (unpaired) electrons. The van der Waals surface area contributed by atoms with E-state index in [-0.39, 0.29) is 5.82 Å². The van der Waals surface area contributed by atoms with Gasteiger partial charge in [0.25, 0.3) is 0 Å². The van der Waals surface area contributed by atoms with Gasteiger partial charge in [0.1, 0.15) is 22.5 Å². The Hall–Kier alpha value is -2.62. The minimum atomic E-state index is -0.151. The third-order valence-electron chi connectivity index (χ3n) is 5.18. The van der Waals surface area contributed by atoms with Crippen LogP contribution in [0.1, 0.15) is 11.1 Å². The highest BCUT2D eigenvalue weighted by Crippen LogP contribution is 2.35. The molecule has 2 heterocycles. The molecule has 4 nitrogen and oxygen atoms in total. The van der Waals surface area contributed by atoms with Crippen molar-refractivity contribution < 1.29 is 4.39 Å². The summed E-state index contributed by atoms with van der Waals surface area (Å²) in [6.45, 7) is 3.85. The Morgan fingerprint density at radius 3 is 2.50 bits per heavy atom. The Balaban J connectivity index is 1.60. The van der Waals surface area contributed by atoms with Gasteiger partial charge >= 0.3 is 0 Å². The first kappa shape index (κ1) is 18.7. The summed E-state index contributed by atoms with van der Waals surface area (Å²) in [4.78, 5) is 9.20. The molecule has 0 N–H and O–H groups in total. The average molecular weight is 393 g/mol. The van der Waals surface area contributed by atoms with E-state index in [1.54, 1.807) is 6.07 Å². The van der Waals surface area contributed by atoms with E-state index in [1.165, 1.54) is 17.8 Å². The van der Waals surface area contributed by atoms with Crippen molar-refractivity contribution >= 4 is 28.4 Å². The summed E-state index contributed by atoms with van der Waals surface area (Å²) in [7, 11) is 0. The molecule has 6 heteroatoms. The van der Waals surface area contributed by atoms with E-state index < -0.39 is 0 Å². The van der Waals surface area contributed by atoms with Crippen LogP contribution < -0.4 is 4.90 Å². The Morgan fingerprint density at radius 1 is 1.07 bits per heavy atom. The number of rotatable bonds is 4. The van der Waals surface area contributed by atoms with Crippen molar-refractivity contribution in [3.05, 3.63) is 65.5 Å². The fraction of sp³-hybridized carbons (Fsp3) is 0.273. The highest BCUT2D eigenvalue weighted by atomic mass is 32.2. The summed E-state index contributed by atoms with van der Waals surface area (Å²) in [5.41, 5.74) is 3.26. The zero-order valence-electron chi connectivity index (χ0n) is 15.7. The topological polar surface area (TPSA) is 43.2 Å². The number of nitrogens with zero attached hydrogens (tertiary/aromatic N) is 4. The van der Waals surface area contributed by atoms with Crippen molar-refractivity contribution in [3.63, 3.8) is 0 Å². The maximum Gasteiger partial charge on any atom is 0.127 e. The maximum absolute atomic E-state index is 14.0. The normalized spacial score (nSPS) is 15.0. The van der Waals surface area contributed by atoms with Crippen LogP contribution in [-0.4, -0.2) is 42.3 Å². The molecule has 28 heavy (non-hydrogen) atoms. The number of halogens is 1. The zero-order valence-corrected chi connectivity index (χ0v) is 16.5. The number of hydrogen-bond acceptors (Lipinski definition) is 5. The van der Waals surface area contributed by atoms with Crippen molar-refractivity contribution in [3.8, 4) is 6.07 Å². The van der Waals surface area contributed by atoms with Crippen LogP contribution in [0.4, 0.5) is 10.1 Å². The number of nitriles is 1. The summed E-state index contributed by atoms with van der Waals surface area (Å²) in [5.74, 6) is -0.151. The highest BCUT2D eigenvalue weighted by Gasteiger charge is 2.24. The lowest BCUT2D eigenvalue weighted by molar-refractivity contribution is 0.246. The van der Waals surface area contributed by atoms with Gasteiger partial charge in [0, 0.05) is 43.7 Å². The van der Waals surface area contributed by atoms with Gasteiger partial charge in [-0.05, 0) is 18.4 Å². The first-order valence-electron chi connectivity index (χ1n) is 9.29. The molecule has 1 aliphatic rings. The van der Waals surface area contributed by atoms with E-state index in [4.69, 9.17) is 0 Å². The molecule has 1 aliphatic heterocycles. The largest absolute Gasteiger partial charge is 0.367 e. The van der Waals surface area contributed by atoms with Crippen LogP contribution in [-0.2, 0) is 6.54 Å². The molecule has 3 aromatic rings. The van der Waals surface area contributed by atoms with E-state index in [0.29, 0.717) is 12.1 Å². The van der Waals surface area contributed by atoms with Gasteiger partial charge in [0.15, 0.2) is 0 Å². The summed E-state index contributed by atoms with van der Waals surface area (Å²) in [6.07, 6.45) is 1.95. The van der Waals surface area contributed by atoms with Crippen molar-refractivity contribution in [2.75, 3.05) is 37.3 Å². The number of para-hydroxylation sites is 1. The van der Waals surface area contributed by atoms with E-state index in [9.17, 15) is 9.65 Å². The quantitative estimate of drug-likeness (QED) is 0.620. The molecule has 142 valence electrons. The molecule has 0 saturated carbocycles. The minimum Gasteiger partial charge on any atom is -0.367 e. The number of piperazine rings is 1. The molecule has 0 bridgehead atoms. The van der Waals surface area contributed by atoms with Crippen LogP contribution in [0, 0.1) is 17.1 Å². The SMILES string of the molecule is CSc1nc2ccccc2c(N2CCN(Cc3ccccc3F)CC2)c1C#N. The van der Waals surface area contributed by atoms with Crippen molar-refractivity contribution in [2.24, 2.45) is 0 Å². The number of pyridine rings is 1. The number of benzene rings is 2. The second-order valence-electron chi connectivity index (χ2n) is 6.83. The third kappa shape index (κ3) is 3.56. The zero-order chi connectivity index (χ0) is 19.5. The van der Waals surface area contributed by atoms with E-state index >= 15 is 0 Å². The monoisotopic (exact) mass is 392 g/mol. The molecule has 0 aliphatic carbocycles.